The van der Waals surface area contributed by atoms with Crippen molar-refractivity contribution in [2.75, 3.05) is 36.0 Å². The van der Waals surface area contributed by atoms with Crippen molar-refractivity contribution in [3.8, 4) is 0 Å². The van der Waals surface area contributed by atoms with Crippen LogP contribution in [0.1, 0.15) is 32.3 Å². The lowest BCUT2D eigenvalue weighted by atomic mass is 9.90. The number of aromatic nitrogens is 2. The Morgan fingerprint density at radius 1 is 0.893 bits per heavy atom. The predicted octanol–water partition coefficient (Wildman–Crippen LogP) is 4.94. The molecule has 0 aliphatic carbocycles. The number of fused-ring (bicyclic) bond motifs is 1. The smallest absolute Gasteiger partial charge is 0.227 e. The second-order valence-corrected chi connectivity index (χ2v) is 7.66. The van der Waals surface area contributed by atoms with Gasteiger partial charge in [0.2, 0.25) is 5.95 Å². The van der Waals surface area contributed by atoms with Crippen LogP contribution in [0.2, 0.25) is 0 Å². The summed E-state index contributed by atoms with van der Waals surface area (Å²) in [5.74, 6) is 2.71. The van der Waals surface area contributed by atoms with Gasteiger partial charge in [0, 0.05) is 31.6 Å². The zero-order valence-corrected chi connectivity index (χ0v) is 17.0. The lowest BCUT2D eigenvalue weighted by molar-refractivity contribution is 0.401. The zero-order valence-electron chi connectivity index (χ0n) is 17.0. The molecular formula is C24H30N4. The van der Waals surface area contributed by atoms with Crippen molar-refractivity contribution in [1.82, 2.24) is 9.97 Å². The van der Waals surface area contributed by atoms with Gasteiger partial charge >= 0.3 is 0 Å². The topological polar surface area (TPSA) is 32.3 Å². The van der Waals surface area contributed by atoms with E-state index in [1.54, 1.807) is 0 Å². The van der Waals surface area contributed by atoms with E-state index in [0.29, 0.717) is 0 Å². The summed E-state index contributed by atoms with van der Waals surface area (Å²) in [5, 5.41) is 1.15. The van der Waals surface area contributed by atoms with E-state index in [1.165, 1.54) is 24.8 Å². The Morgan fingerprint density at radius 2 is 1.57 bits per heavy atom. The number of para-hydroxylation sites is 1. The molecular weight excluding hydrogens is 344 g/mol. The molecule has 3 aromatic rings. The van der Waals surface area contributed by atoms with Gasteiger partial charge in [0.15, 0.2) is 0 Å². The predicted molar refractivity (Wildman–Crippen MR) is 118 cm³/mol. The summed E-state index contributed by atoms with van der Waals surface area (Å²) in [7, 11) is 0. The molecule has 2 heterocycles. The molecule has 1 aliphatic heterocycles. The first-order valence-corrected chi connectivity index (χ1v) is 10.6. The number of hydrogen-bond acceptors (Lipinski definition) is 4. The molecule has 4 nitrogen and oxygen atoms in total. The van der Waals surface area contributed by atoms with Crippen LogP contribution in [0.4, 0.5) is 11.8 Å². The first-order chi connectivity index (χ1) is 13.8. The minimum atomic E-state index is 0.751. The minimum Gasteiger partial charge on any atom is -0.356 e. The van der Waals surface area contributed by atoms with Crippen molar-refractivity contribution >= 4 is 22.7 Å². The highest BCUT2D eigenvalue weighted by atomic mass is 15.3. The van der Waals surface area contributed by atoms with Crippen LogP contribution in [-0.2, 0) is 6.42 Å². The average molecular weight is 375 g/mol. The summed E-state index contributed by atoms with van der Waals surface area (Å²) in [5.41, 5.74) is 2.49. The summed E-state index contributed by atoms with van der Waals surface area (Å²) in [6.07, 6.45) is 3.58. The quantitative estimate of drug-likeness (QED) is 0.612. The Hall–Kier alpha value is -2.62. The van der Waals surface area contributed by atoms with Crippen molar-refractivity contribution in [3.63, 3.8) is 0 Å². The van der Waals surface area contributed by atoms with Gasteiger partial charge in [-0.2, -0.15) is 4.98 Å². The van der Waals surface area contributed by atoms with Crippen LogP contribution in [0.5, 0.6) is 0 Å². The fourth-order valence-electron chi connectivity index (χ4n) is 4.24. The third-order valence-corrected chi connectivity index (χ3v) is 5.90. The fourth-order valence-corrected chi connectivity index (χ4v) is 4.24. The third-order valence-electron chi connectivity index (χ3n) is 5.90. The Bertz CT molecular complexity index is 897. The van der Waals surface area contributed by atoms with Crippen molar-refractivity contribution in [2.45, 2.75) is 33.1 Å². The van der Waals surface area contributed by atoms with Gasteiger partial charge in [0.05, 0.1) is 5.52 Å². The molecule has 0 radical (unpaired) electrons. The van der Waals surface area contributed by atoms with Gasteiger partial charge in [-0.15, -0.1) is 0 Å². The zero-order chi connectivity index (χ0) is 19.3. The molecule has 0 atom stereocenters. The van der Waals surface area contributed by atoms with Crippen LogP contribution in [0.3, 0.4) is 0 Å². The van der Waals surface area contributed by atoms with Gasteiger partial charge < -0.3 is 9.80 Å². The molecule has 0 amide bonds. The molecule has 1 aromatic heterocycles. The summed E-state index contributed by atoms with van der Waals surface area (Å²) in [6, 6.07) is 19.3. The molecule has 1 aliphatic rings. The number of piperidine rings is 1. The number of benzene rings is 2. The van der Waals surface area contributed by atoms with Gasteiger partial charge in [0.1, 0.15) is 5.82 Å². The van der Waals surface area contributed by atoms with Gasteiger partial charge in [-0.25, -0.2) is 4.98 Å². The van der Waals surface area contributed by atoms with E-state index in [0.717, 1.165) is 54.8 Å². The monoisotopic (exact) mass is 374 g/mol. The molecule has 28 heavy (non-hydrogen) atoms. The highest BCUT2D eigenvalue weighted by molar-refractivity contribution is 5.90. The van der Waals surface area contributed by atoms with Gasteiger partial charge in [-0.3, -0.25) is 0 Å². The van der Waals surface area contributed by atoms with E-state index in [9.17, 15) is 0 Å². The fraction of sp³-hybridized carbons (Fsp3) is 0.417. The molecule has 0 spiro atoms. The second kappa shape index (κ2) is 8.59. The van der Waals surface area contributed by atoms with Crippen molar-refractivity contribution in [3.05, 3.63) is 60.2 Å². The van der Waals surface area contributed by atoms with Crippen LogP contribution in [-0.4, -0.2) is 36.1 Å². The Labute approximate surface area is 168 Å². The molecule has 4 rings (SSSR count). The molecule has 4 heteroatoms. The number of rotatable bonds is 6. The van der Waals surface area contributed by atoms with Crippen LogP contribution in [0.15, 0.2) is 54.6 Å². The Balaban J connectivity index is 1.53. The molecule has 0 saturated carbocycles. The standard InChI is InChI=1S/C24H30N4/c1-3-27(4-2)23-21-12-8-9-13-22(21)25-24(26-23)28-16-14-20(15-17-28)18-19-10-6-5-7-11-19/h5-13,20H,3-4,14-18H2,1-2H3. The maximum atomic E-state index is 5.02. The van der Waals surface area contributed by atoms with E-state index < -0.39 is 0 Å². The molecule has 0 bridgehead atoms. The molecule has 1 saturated heterocycles. The number of hydrogen-bond donors (Lipinski definition) is 0. The largest absolute Gasteiger partial charge is 0.356 e. The maximum Gasteiger partial charge on any atom is 0.227 e. The minimum absolute atomic E-state index is 0.751. The first-order valence-electron chi connectivity index (χ1n) is 10.6. The SMILES string of the molecule is CCN(CC)c1nc(N2CCC(Cc3ccccc3)CC2)nc2ccccc12. The van der Waals surface area contributed by atoms with E-state index in [4.69, 9.17) is 9.97 Å². The van der Waals surface area contributed by atoms with Crippen LogP contribution in [0, 0.1) is 5.92 Å². The lowest BCUT2D eigenvalue weighted by Gasteiger charge is -2.33. The van der Waals surface area contributed by atoms with E-state index in [1.807, 2.05) is 0 Å². The van der Waals surface area contributed by atoms with E-state index >= 15 is 0 Å². The van der Waals surface area contributed by atoms with Crippen LogP contribution < -0.4 is 9.80 Å². The highest BCUT2D eigenvalue weighted by Gasteiger charge is 2.23. The van der Waals surface area contributed by atoms with Crippen molar-refractivity contribution in [2.24, 2.45) is 5.92 Å². The summed E-state index contributed by atoms with van der Waals surface area (Å²) in [6.45, 7) is 8.36. The first kappa shape index (κ1) is 18.7. The van der Waals surface area contributed by atoms with Crippen molar-refractivity contribution in [1.29, 1.82) is 0 Å². The molecule has 1 fully saturated rings. The molecule has 0 unspecified atom stereocenters. The second-order valence-electron chi connectivity index (χ2n) is 7.66. The van der Waals surface area contributed by atoms with E-state index in [-0.39, 0.29) is 0 Å². The van der Waals surface area contributed by atoms with Gasteiger partial charge in [0.25, 0.3) is 0 Å². The molecule has 0 N–H and O–H groups in total. The van der Waals surface area contributed by atoms with Crippen LogP contribution in [0.25, 0.3) is 10.9 Å². The maximum absolute atomic E-state index is 5.02. The summed E-state index contributed by atoms with van der Waals surface area (Å²) >= 11 is 0. The van der Waals surface area contributed by atoms with Crippen LogP contribution >= 0.6 is 0 Å². The third kappa shape index (κ3) is 3.96. The molecule has 2 aromatic carbocycles. The summed E-state index contributed by atoms with van der Waals surface area (Å²) < 4.78 is 0. The average Bonchev–Trinajstić information content (AvgIpc) is 2.76. The Morgan fingerprint density at radius 3 is 2.29 bits per heavy atom. The summed E-state index contributed by atoms with van der Waals surface area (Å²) in [4.78, 5) is 14.6. The number of nitrogens with zero attached hydrogens (tertiary/aromatic N) is 4. The molecule has 146 valence electrons. The number of anilines is 2. The Kier molecular flexibility index (Phi) is 5.75. The van der Waals surface area contributed by atoms with Gasteiger partial charge in [-0.1, -0.05) is 42.5 Å². The van der Waals surface area contributed by atoms with Crippen molar-refractivity contribution < 1.29 is 0 Å². The van der Waals surface area contributed by atoms with E-state index in [2.05, 4.69) is 78.2 Å². The normalized spacial score (nSPS) is 15.1. The van der Waals surface area contributed by atoms with Gasteiger partial charge in [-0.05, 0) is 56.7 Å². The lowest BCUT2D eigenvalue weighted by Crippen LogP contribution is -2.36. The highest BCUT2D eigenvalue weighted by Crippen LogP contribution is 2.29.